The molecule has 0 spiro atoms. The first-order valence-electron chi connectivity index (χ1n) is 8.38. The first-order chi connectivity index (χ1) is 11.0. The smallest absolute Gasteiger partial charge is 0.304 e. The quantitative estimate of drug-likeness (QED) is 0.875. The monoisotopic (exact) mass is 322 g/mol. The lowest BCUT2D eigenvalue weighted by Gasteiger charge is -2.34. The fourth-order valence-corrected chi connectivity index (χ4v) is 3.24. The minimum absolute atomic E-state index is 0.197. The molecule has 23 heavy (non-hydrogen) atoms. The molecular formula is C18H27FN2O2. The average molecular weight is 322 g/mol. The van der Waals surface area contributed by atoms with Gasteiger partial charge >= 0.3 is 5.97 Å². The van der Waals surface area contributed by atoms with Crippen LogP contribution in [-0.4, -0.2) is 53.1 Å². The van der Waals surface area contributed by atoms with Crippen molar-refractivity contribution in [2.45, 2.75) is 39.3 Å². The van der Waals surface area contributed by atoms with Crippen molar-refractivity contribution < 1.29 is 14.3 Å². The van der Waals surface area contributed by atoms with E-state index in [4.69, 9.17) is 5.11 Å². The Morgan fingerprint density at radius 2 is 2.00 bits per heavy atom. The fourth-order valence-electron chi connectivity index (χ4n) is 3.24. The molecule has 0 radical (unpaired) electrons. The lowest BCUT2D eigenvalue weighted by atomic mass is 10.0. The molecule has 1 atom stereocenters. The van der Waals surface area contributed by atoms with E-state index in [-0.39, 0.29) is 12.2 Å². The molecule has 1 N–H and O–H groups in total. The van der Waals surface area contributed by atoms with Gasteiger partial charge in [-0.2, -0.15) is 0 Å². The molecule has 2 rings (SSSR count). The molecule has 5 heteroatoms. The van der Waals surface area contributed by atoms with Gasteiger partial charge in [-0.25, -0.2) is 4.39 Å². The second kappa shape index (κ2) is 8.41. The van der Waals surface area contributed by atoms with Gasteiger partial charge in [0.15, 0.2) is 0 Å². The summed E-state index contributed by atoms with van der Waals surface area (Å²) in [5, 5.41) is 8.89. The van der Waals surface area contributed by atoms with Crippen LogP contribution in [0.15, 0.2) is 24.3 Å². The number of hydrogen-bond donors (Lipinski definition) is 1. The maximum atomic E-state index is 13.1. The van der Waals surface area contributed by atoms with E-state index in [1.807, 2.05) is 12.1 Å². The van der Waals surface area contributed by atoms with Crippen LogP contribution in [0.3, 0.4) is 0 Å². The zero-order valence-corrected chi connectivity index (χ0v) is 14.0. The SMILES string of the molecule is CC(C)C1CN(CCC(=O)O)CCCN1Cc1ccc(F)cc1. The highest BCUT2D eigenvalue weighted by Crippen LogP contribution is 2.20. The largest absolute Gasteiger partial charge is 0.481 e. The molecule has 0 amide bonds. The topological polar surface area (TPSA) is 43.8 Å². The van der Waals surface area contributed by atoms with E-state index in [1.165, 1.54) is 12.1 Å². The second-order valence-corrected chi connectivity index (χ2v) is 6.71. The third kappa shape index (κ3) is 5.59. The summed E-state index contributed by atoms with van der Waals surface area (Å²) in [7, 11) is 0. The summed E-state index contributed by atoms with van der Waals surface area (Å²) >= 11 is 0. The van der Waals surface area contributed by atoms with Crippen molar-refractivity contribution in [3.63, 3.8) is 0 Å². The Balaban J connectivity index is 2.03. The molecule has 1 aromatic rings. The summed E-state index contributed by atoms with van der Waals surface area (Å²) in [6, 6.07) is 7.10. The maximum Gasteiger partial charge on any atom is 0.304 e. The maximum absolute atomic E-state index is 13.1. The van der Waals surface area contributed by atoms with Crippen molar-refractivity contribution in [1.82, 2.24) is 9.80 Å². The second-order valence-electron chi connectivity index (χ2n) is 6.71. The highest BCUT2D eigenvalue weighted by Gasteiger charge is 2.27. The highest BCUT2D eigenvalue weighted by atomic mass is 19.1. The average Bonchev–Trinajstić information content (AvgIpc) is 2.70. The van der Waals surface area contributed by atoms with Gasteiger partial charge in [-0.15, -0.1) is 0 Å². The van der Waals surface area contributed by atoms with Crippen LogP contribution in [0.1, 0.15) is 32.3 Å². The molecule has 1 fully saturated rings. The normalized spacial score (nSPS) is 20.6. The summed E-state index contributed by atoms with van der Waals surface area (Å²) in [4.78, 5) is 15.5. The molecule has 1 aromatic carbocycles. The molecule has 1 heterocycles. The third-order valence-corrected chi connectivity index (χ3v) is 4.54. The Kier molecular flexibility index (Phi) is 6.54. The van der Waals surface area contributed by atoms with E-state index in [0.717, 1.165) is 38.2 Å². The van der Waals surface area contributed by atoms with Crippen LogP contribution in [0.5, 0.6) is 0 Å². The lowest BCUT2D eigenvalue weighted by Crippen LogP contribution is -2.44. The third-order valence-electron chi connectivity index (χ3n) is 4.54. The number of benzene rings is 1. The number of nitrogens with zero attached hydrogens (tertiary/aromatic N) is 2. The van der Waals surface area contributed by atoms with E-state index in [2.05, 4.69) is 23.6 Å². The van der Waals surface area contributed by atoms with Crippen molar-refractivity contribution >= 4 is 5.97 Å². The van der Waals surface area contributed by atoms with Gasteiger partial charge in [0.05, 0.1) is 6.42 Å². The molecule has 1 aliphatic heterocycles. The van der Waals surface area contributed by atoms with Crippen molar-refractivity contribution in [3.05, 3.63) is 35.6 Å². The van der Waals surface area contributed by atoms with Crippen molar-refractivity contribution in [2.75, 3.05) is 26.2 Å². The number of hydrogen-bond acceptors (Lipinski definition) is 3. The minimum atomic E-state index is -0.737. The van der Waals surface area contributed by atoms with Gasteiger partial charge in [0.2, 0.25) is 0 Å². The molecule has 0 saturated carbocycles. The van der Waals surface area contributed by atoms with Crippen LogP contribution in [0.4, 0.5) is 4.39 Å². The minimum Gasteiger partial charge on any atom is -0.481 e. The Bertz CT molecular complexity index is 504. The summed E-state index contributed by atoms with van der Waals surface area (Å²) < 4.78 is 13.1. The van der Waals surface area contributed by atoms with Gasteiger partial charge in [-0.3, -0.25) is 9.69 Å². The Hall–Kier alpha value is -1.46. The van der Waals surface area contributed by atoms with Crippen molar-refractivity contribution in [2.24, 2.45) is 5.92 Å². The van der Waals surface area contributed by atoms with E-state index in [9.17, 15) is 9.18 Å². The number of carboxylic acids is 1. The van der Waals surface area contributed by atoms with Crippen LogP contribution in [0, 0.1) is 11.7 Å². The van der Waals surface area contributed by atoms with Crippen LogP contribution in [-0.2, 0) is 11.3 Å². The number of aliphatic carboxylic acids is 1. The summed E-state index contributed by atoms with van der Waals surface area (Å²) in [5.74, 6) is -0.454. The Morgan fingerprint density at radius 1 is 1.30 bits per heavy atom. The number of halogens is 1. The standard InChI is InChI=1S/C18H27FN2O2/c1-14(2)17-13-20(11-8-18(22)23)9-3-10-21(17)12-15-4-6-16(19)7-5-15/h4-7,14,17H,3,8-13H2,1-2H3,(H,22,23). The molecule has 128 valence electrons. The molecule has 0 aliphatic carbocycles. The van der Waals surface area contributed by atoms with E-state index in [1.54, 1.807) is 0 Å². The Morgan fingerprint density at radius 3 is 2.61 bits per heavy atom. The summed E-state index contributed by atoms with van der Waals surface area (Å²) in [5.41, 5.74) is 1.12. The number of rotatable bonds is 6. The van der Waals surface area contributed by atoms with Crippen LogP contribution in [0.25, 0.3) is 0 Å². The number of carboxylic acid groups (broad SMARTS) is 1. The first-order valence-corrected chi connectivity index (χ1v) is 8.38. The van der Waals surface area contributed by atoms with Gasteiger partial charge in [0, 0.05) is 32.2 Å². The molecule has 1 saturated heterocycles. The molecule has 1 unspecified atom stereocenters. The van der Waals surface area contributed by atoms with Gasteiger partial charge in [0.1, 0.15) is 5.82 Å². The molecule has 4 nitrogen and oxygen atoms in total. The summed E-state index contributed by atoms with van der Waals surface area (Å²) in [6.45, 7) is 8.68. The van der Waals surface area contributed by atoms with E-state index in [0.29, 0.717) is 18.5 Å². The van der Waals surface area contributed by atoms with Crippen LogP contribution in [0.2, 0.25) is 0 Å². The van der Waals surface area contributed by atoms with Crippen molar-refractivity contribution in [3.8, 4) is 0 Å². The zero-order valence-electron chi connectivity index (χ0n) is 14.0. The van der Waals surface area contributed by atoms with E-state index >= 15 is 0 Å². The van der Waals surface area contributed by atoms with E-state index < -0.39 is 5.97 Å². The predicted molar refractivity (Wildman–Crippen MR) is 88.7 cm³/mol. The zero-order chi connectivity index (χ0) is 16.8. The van der Waals surface area contributed by atoms with Gasteiger partial charge in [-0.05, 0) is 36.6 Å². The fraction of sp³-hybridized carbons (Fsp3) is 0.611. The molecular weight excluding hydrogens is 295 g/mol. The Labute approximate surface area is 137 Å². The molecule has 0 aromatic heterocycles. The lowest BCUT2D eigenvalue weighted by molar-refractivity contribution is -0.137. The molecule has 1 aliphatic rings. The van der Waals surface area contributed by atoms with Crippen LogP contribution < -0.4 is 0 Å². The van der Waals surface area contributed by atoms with Gasteiger partial charge in [0.25, 0.3) is 0 Å². The van der Waals surface area contributed by atoms with Crippen molar-refractivity contribution in [1.29, 1.82) is 0 Å². The van der Waals surface area contributed by atoms with Gasteiger partial charge < -0.3 is 10.0 Å². The predicted octanol–water partition coefficient (Wildman–Crippen LogP) is 2.83. The number of carbonyl (C=O) groups is 1. The molecule has 0 bridgehead atoms. The van der Waals surface area contributed by atoms with Gasteiger partial charge in [-0.1, -0.05) is 26.0 Å². The highest BCUT2D eigenvalue weighted by molar-refractivity contribution is 5.66. The first kappa shape index (κ1) is 17.9. The summed E-state index contributed by atoms with van der Waals surface area (Å²) in [6.07, 6.45) is 1.23. The van der Waals surface area contributed by atoms with Crippen LogP contribution >= 0.6 is 0 Å².